The number of hydrogen-bond donors (Lipinski definition) is 1. The molecule has 1 spiro atoms. The van der Waals surface area contributed by atoms with Crippen molar-refractivity contribution in [3.05, 3.63) is 0 Å². The fourth-order valence-electron chi connectivity index (χ4n) is 2.36. The molecule has 8 heteroatoms. The van der Waals surface area contributed by atoms with Gasteiger partial charge in [-0.1, -0.05) is 23.9 Å². The Morgan fingerprint density at radius 2 is 1.94 bits per heavy atom. The summed E-state index contributed by atoms with van der Waals surface area (Å²) in [5.74, 6) is -0.463. The molecule has 0 aromatic carbocycles. The van der Waals surface area contributed by atoms with Crippen LogP contribution in [0.15, 0.2) is 0 Å². The summed E-state index contributed by atoms with van der Waals surface area (Å²) in [6.45, 7) is -0.0530. The molecule has 1 heterocycles. The van der Waals surface area contributed by atoms with Crippen LogP contribution in [0.2, 0.25) is 0 Å². The number of imide groups is 1. The van der Waals surface area contributed by atoms with Crippen LogP contribution in [-0.2, 0) is 15.9 Å². The van der Waals surface area contributed by atoms with E-state index in [-0.39, 0.29) is 47.8 Å². The van der Waals surface area contributed by atoms with E-state index in [4.69, 9.17) is 0 Å². The van der Waals surface area contributed by atoms with Gasteiger partial charge in [-0.15, -0.1) is 0 Å². The molecular formula is C9H13N2NaO4S. The molecule has 1 aliphatic carbocycles. The average molecular weight is 268 g/mol. The van der Waals surface area contributed by atoms with E-state index in [0.29, 0.717) is 12.8 Å². The van der Waals surface area contributed by atoms with Gasteiger partial charge in [-0.3, -0.25) is 13.9 Å². The summed E-state index contributed by atoms with van der Waals surface area (Å²) in [5, 5.41) is 2.69. The van der Waals surface area contributed by atoms with Crippen molar-refractivity contribution in [3.63, 3.8) is 0 Å². The van der Waals surface area contributed by atoms with Crippen LogP contribution in [0.3, 0.4) is 0 Å². The van der Waals surface area contributed by atoms with Crippen LogP contribution in [0, 0.1) is 0 Å². The Morgan fingerprint density at radius 3 is 2.47 bits per heavy atom. The second-order valence-electron chi connectivity index (χ2n) is 4.18. The van der Waals surface area contributed by atoms with Crippen LogP contribution in [-0.4, -0.2) is 43.4 Å². The maximum atomic E-state index is 12.0. The van der Waals surface area contributed by atoms with Crippen LogP contribution in [0.5, 0.6) is 0 Å². The second kappa shape index (κ2) is 5.79. The van der Waals surface area contributed by atoms with E-state index in [1.807, 2.05) is 0 Å². The minimum absolute atomic E-state index is 0. The van der Waals surface area contributed by atoms with Gasteiger partial charge >= 0.3 is 35.6 Å². The van der Waals surface area contributed by atoms with E-state index in [0.717, 1.165) is 17.7 Å². The van der Waals surface area contributed by atoms with Crippen molar-refractivity contribution in [2.45, 2.75) is 31.2 Å². The zero-order valence-corrected chi connectivity index (χ0v) is 12.5. The third kappa shape index (κ3) is 2.90. The van der Waals surface area contributed by atoms with Crippen molar-refractivity contribution in [2.75, 3.05) is 12.3 Å². The van der Waals surface area contributed by atoms with E-state index < -0.39 is 22.7 Å². The minimum atomic E-state index is -2.23. The summed E-state index contributed by atoms with van der Waals surface area (Å²) in [6, 6.07) is -0.461. The van der Waals surface area contributed by atoms with E-state index in [9.17, 15) is 18.4 Å². The fourth-order valence-corrected chi connectivity index (χ4v) is 2.69. The van der Waals surface area contributed by atoms with Gasteiger partial charge in [-0.25, -0.2) is 4.79 Å². The van der Waals surface area contributed by atoms with Gasteiger partial charge in [0.2, 0.25) is 0 Å². The van der Waals surface area contributed by atoms with Gasteiger partial charge in [0.1, 0.15) is 5.54 Å². The molecule has 1 saturated heterocycles. The first-order chi connectivity index (χ1) is 7.55. The first-order valence-electron chi connectivity index (χ1n) is 5.25. The van der Waals surface area contributed by atoms with Crippen molar-refractivity contribution in [1.82, 2.24) is 10.2 Å². The van der Waals surface area contributed by atoms with E-state index in [2.05, 4.69) is 5.32 Å². The SMILES string of the molecule is O=C1NC2(CCCC2)C(=O)N1CCS(=O)[O-].[Na+]. The summed E-state index contributed by atoms with van der Waals surface area (Å²) in [5.41, 5.74) is -0.735. The molecule has 2 rings (SSSR count). The number of carbonyl (C=O) groups excluding carboxylic acids is 2. The third-order valence-electron chi connectivity index (χ3n) is 3.18. The van der Waals surface area contributed by atoms with Gasteiger partial charge in [0.05, 0.1) is 0 Å². The third-order valence-corrected chi connectivity index (χ3v) is 3.70. The second-order valence-corrected chi connectivity index (χ2v) is 5.20. The quantitative estimate of drug-likeness (QED) is 0.330. The molecule has 1 atom stereocenters. The number of nitrogens with one attached hydrogen (secondary N) is 1. The van der Waals surface area contributed by atoms with Crippen LogP contribution in [0.4, 0.5) is 4.79 Å². The molecule has 1 saturated carbocycles. The van der Waals surface area contributed by atoms with E-state index in [1.165, 1.54) is 0 Å². The maximum Gasteiger partial charge on any atom is 1.00 e. The minimum Gasteiger partial charge on any atom is -0.772 e. The number of hydrogen-bond acceptors (Lipinski definition) is 4. The van der Waals surface area contributed by atoms with E-state index >= 15 is 0 Å². The monoisotopic (exact) mass is 268 g/mol. The van der Waals surface area contributed by atoms with Gasteiger partial charge in [-0.05, 0) is 12.8 Å². The van der Waals surface area contributed by atoms with Crippen LogP contribution in [0.25, 0.3) is 0 Å². The molecular weight excluding hydrogens is 255 g/mol. The molecule has 1 unspecified atom stereocenters. The Balaban J connectivity index is 0.00000144. The first kappa shape index (κ1) is 15.1. The van der Waals surface area contributed by atoms with Crippen LogP contribution < -0.4 is 34.9 Å². The van der Waals surface area contributed by atoms with Crippen molar-refractivity contribution in [1.29, 1.82) is 0 Å². The average Bonchev–Trinajstić information content (AvgIpc) is 2.74. The van der Waals surface area contributed by atoms with E-state index in [1.54, 1.807) is 0 Å². The van der Waals surface area contributed by atoms with Gasteiger partial charge < -0.3 is 9.87 Å². The number of nitrogens with zero attached hydrogens (tertiary/aromatic N) is 1. The molecule has 6 nitrogen and oxygen atoms in total. The summed E-state index contributed by atoms with van der Waals surface area (Å²) < 4.78 is 20.8. The largest absolute Gasteiger partial charge is 1.00 e. The van der Waals surface area contributed by atoms with Gasteiger partial charge in [0.15, 0.2) is 0 Å². The number of urea groups is 1. The van der Waals surface area contributed by atoms with Crippen molar-refractivity contribution in [3.8, 4) is 0 Å². The topological polar surface area (TPSA) is 89.5 Å². The first-order valence-corrected chi connectivity index (χ1v) is 6.49. The Labute approximate surface area is 124 Å². The van der Waals surface area contributed by atoms with Crippen LogP contribution in [0.1, 0.15) is 25.7 Å². The molecule has 3 amide bonds. The molecule has 1 aliphatic heterocycles. The number of rotatable bonds is 3. The van der Waals surface area contributed by atoms with Crippen molar-refractivity contribution in [2.24, 2.45) is 0 Å². The molecule has 0 aromatic heterocycles. The smallest absolute Gasteiger partial charge is 0.772 e. The molecule has 0 radical (unpaired) electrons. The summed E-state index contributed by atoms with van der Waals surface area (Å²) in [4.78, 5) is 24.6. The van der Waals surface area contributed by atoms with Crippen molar-refractivity contribution >= 4 is 23.0 Å². The Morgan fingerprint density at radius 1 is 1.35 bits per heavy atom. The summed E-state index contributed by atoms with van der Waals surface area (Å²) in [6.07, 6.45) is 3.17. The summed E-state index contributed by atoms with van der Waals surface area (Å²) >= 11 is -2.23. The molecule has 0 aromatic rings. The fraction of sp³-hybridized carbons (Fsp3) is 0.778. The molecule has 90 valence electrons. The normalized spacial score (nSPS) is 23.7. The molecule has 17 heavy (non-hydrogen) atoms. The standard InChI is InChI=1S/C9H14N2O4S.Na/c12-7-9(3-1-2-4-9)10-8(13)11(7)5-6-16(14)15;/h1-6H2,(H,10,13)(H,14,15);/q;+1/p-1. The molecule has 2 fully saturated rings. The van der Waals surface area contributed by atoms with Gasteiger partial charge in [-0.2, -0.15) is 0 Å². The molecule has 2 aliphatic rings. The molecule has 0 bridgehead atoms. The Kier molecular flexibility index (Phi) is 5.15. The van der Waals surface area contributed by atoms with Gasteiger partial charge in [0, 0.05) is 12.3 Å². The van der Waals surface area contributed by atoms with Crippen molar-refractivity contribution < 1.29 is 47.9 Å². The Bertz CT molecular complexity index is 357. The summed E-state index contributed by atoms with van der Waals surface area (Å²) in [7, 11) is 0. The van der Waals surface area contributed by atoms with Crippen LogP contribution >= 0.6 is 0 Å². The van der Waals surface area contributed by atoms with Gasteiger partial charge in [0.25, 0.3) is 5.91 Å². The predicted octanol–water partition coefficient (Wildman–Crippen LogP) is -3.27. The number of carbonyl (C=O) groups is 2. The Hall–Kier alpha value is 0.0500. The number of amides is 3. The predicted molar refractivity (Wildman–Crippen MR) is 55.2 cm³/mol. The maximum absolute atomic E-state index is 12.0. The molecule has 1 N–H and O–H groups in total. The zero-order chi connectivity index (χ0) is 11.8. The zero-order valence-electron chi connectivity index (χ0n) is 9.73.